The molecule has 0 N–H and O–H groups in total. The minimum absolute atomic E-state index is 0.0368. The zero-order valence-corrected chi connectivity index (χ0v) is 16.8. The highest BCUT2D eigenvalue weighted by molar-refractivity contribution is 6.30. The van der Waals surface area contributed by atoms with E-state index in [1.54, 1.807) is 24.5 Å². The molecule has 0 aliphatic heterocycles. The summed E-state index contributed by atoms with van der Waals surface area (Å²) in [4.78, 5) is 23.9. The molecular weight excluding hydrogens is 370 g/mol. The molecule has 4 nitrogen and oxygen atoms in total. The SMILES string of the molecule is Cc1ccc2nc(Cl)c(CN(C(=O)c3ccncc3)C3CCCCC3)cc2c1. The number of carbonyl (C=O) groups excluding carboxylic acids is 1. The van der Waals surface area contributed by atoms with Crippen LogP contribution in [-0.2, 0) is 6.54 Å². The Morgan fingerprint density at radius 2 is 1.86 bits per heavy atom. The van der Waals surface area contributed by atoms with Crippen LogP contribution in [0.1, 0.15) is 53.6 Å². The van der Waals surface area contributed by atoms with Crippen LogP contribution in [0, 0.1) is 6.92 Å². The van der Waals surface area contributed by atoms with Crippen LogP contribution in [0.3, 0.4) is 0 Å². The summed E-state index contributed by atoms with van der Waals surface area (Å²) >= 11 is 6.52. The number of hydrogen-bond acceptors (Lipinski definition) is 3. The van der Waals surface area contributed by atoms with E-state index in [0.717, 1.165) is 42.1 Å². The van der Waals surface area contributed by atoms with Gasteiger partial charge in [0.25, 0.3) is 5.91 Å². The number of fused-ring (bicyclic) bond motifs is 1. The molecule has 0 radical (unpaired) electrons. The average molecular weight is 394 g/mol. The van der Waals surface area contributed by atoms with Gasteiger partial charge in [0.2, 0.25) is 0 Å². The van der Waals surface area contributed by atoms with Gasteiger partial charge in [-0.1, -0.05) is 42.5 Å². The molecule has 3 aromatic rings. The van der Waals surface area contributed by atoms with Crippen LogP contribution in [0.15, 0.2) is 48.8 Å². The highest BCUT2D eigenvalue weighted by atomic mass is 35.5. The molecular formula is C23H24ClN3O. The summed E-state index contributed by atoms with van der Waals surface area (Å²) < 4.78 is 0. The molecule has 28 heavy (non-hydrogen) atoms. The third kappa shape index (κ3) is 4.02. The Morgan fingerprint density at radius 1 is 1.11 bits per heavy atom. The van der Waals surface area contributed by atoms with E-state index >= 15 is 0 Å². The summed E-state index contributed by atoms with van der Waals surface area (Å²) in [6.07, 6.45) is 8.97. The monoisotopic (exact) mass is 393 g/mol. The fourth-order valence-corrected chi connectivity index (χ4v) is 4.24. The van der Waals surface area contributed by atoms with Gasteiger partial charge in [0.1, 0.15) is 5.15 Å². The van der Waals surface area contributed by atoms with Crippen LogP contribution in [0.25, 0.3) is 10.9 Å². The van der Waals surface area contributed by atoms with E-state index in [-0.39, 0.29) is 11.9 Å². The van der Waals surface area contributed by atoms with Gasteiger partial charge in [0.05, 0.1) is 5.52 Å². The minimum atomic E-state index is 0.0368. The highest BCUT2D eigenvalue weighted by Crippen LogP contribution is 2.28. The van der Waals surface area contributed by atoms with E-state index < -0.39 is 0 Å². The number of aromatic nitrogens is 2. The van der Waals surface area contributed by atoms with Crippen molar-refractivity contribution in [2.75, 3.05) is 0 Å². The lowest BCUT2D eigenvalue weighted by Gasteiger charge is -2.34. The van der Waals surface area contributed by atoms with E-state index in [1.165, 1.54) is 12.0 Å². The number of rotatable bonds is 4. The molecule has 1 aliphatic carbocycles. The minimum Gasteiger partial charge on any atom is -0.331 e. The molecule has 1 aromatic carbocycles. The van der Waals surface area contributed by atoms with Crippen molar-refractivity contribution in [3.63, 3.8) is 0 Å². The normalized spacial score (nSPS) is 14.9. The Kier molecular flexibility index (Phi) is 5.58. The second-order valence-electron chi connectivity index (χ2n) is 7.60. The second-order valence-corrected chi connectivity index (χ2v) is 7.95. The van der Waals surface area contributed by atoms with E-state index in [2.05, 4.69) is 29.0 Å². The molecule has 4 rings (SSSR count). The predicted molar refractivity (Wildman–Crippen MR) is 112 cm³/mol. The molecule has 1 saturated carbocycles. The maximum Gasteiger partial charge on any atom is 0.254 e. The van der Waals surface area contributed by atoms with Crippen LogP contribution < -0.4 is 0 Å². The summed E-state index contributed by atoms with van der Waals surface area (Å²) in [5.41, 5.74) is 3.62. The smallest absolute Gasteiger partial charge is 0.254 e. The van der Waals surface area contributed by atoms with Crippen LogP contribution in [-0.4, -0.2) is 26.8 Å². The Hall–Kier alpha value is -2.46. The summed E-state index contributed by atoms with van der Waals surface area (Å²) in [7, 11) is 0. The molecule has 0 bridgehead atoms. The lowest BCUT2D eigenvalue weighted by molar-refractivity contribution is 0.0614. The molecule has 2 aromatic heterocycles. The van der Waals surface area contributed by atoms with Crippen molar-refractivity contribution in [2.24, 2.45) is 0 Å². The average Bonchev–Trinajstić information content (AvgIpc) is 2.73. The van der Waals surface area contributed by atoms with E-state index in [0.29, 0.717) is 17.3 Å². The van der Waals surface area contributed by atoms with Gasteiger partial charge < -0.3 is 4.90 Å². The lowest BCUT2D eigenvalue weighted by atomic mass is 9.93. The van der Waals surface area contributed by atoms with Crippen molar-refractivity contribution in [3.8, 4) is 0 Å². The van der Waals surface area contributed by atoms with Gasteiger partial charge in [0, 0.05) is 41.5 Å². The maximum absolute atomic E-state index is 13.3. The maximum atomic E-state index is 13.3. The third-order valence-corrected chi connectivity index (χ3v) is 5.87. The number of carbonyl (C=O) groups is 1. The number of nitrogens with zero attached hydrogens (tertiary/aromatic N) is 3. The van der Waals surface area contributed by atoms with Crippen molar-refractivity contribution < 1.29 is 4.79 Å². The zero-order chi connectivity index (χ0) is 19.5. The van der Waals surface area contributed by atoms with Gasteiger partial charge in [-0.2, -0.15) is 0 Å². The quantitative estimate of drug-likeness (QED) is 0.544. The largest absolute Gasteiger partial charge is 0.331 e. The van der Waals surface area contributed by atoms with E-state index in [4.69, 9.17) is 11.6 Å². The first-order valence-electron chi connectivity index (χ1n) is 9.88. The molecule has 0 spiro atoms. The van der Waals surface area contributed by atoms with Crippen LogP contribution in [0.2, 0.25) is 5.15 Å². The first-order valence-corrected chi connectivity index (χ1v) is 10.3. The first-order chi connectivity index (χ1) is 13.6. The Bertz CT molecular complexity index is 984. The molecule has 1 aliphatic rings. The topological polar surface area (TPSA) is 46.1 Å². The summed E-state index contributed by atoms with van der Waals surface area (Å²) in [6.45, 7) is 2.54. The van der Waals surface area contributed by atoms with E-state index in [1.807, 2.05) is 17.0 Å². The number of pyridine rings is 2. The summed E-state index contributed by atoms with van der Waals surface area (Å²) in [6, 6.07) is 12.0. The molecule has 144 valence electrons. The Labute approximate surface area is 170 Å². The van der Waals surface area contributed by atoms with Gasteiger partial charge in [-0.05, 0) is 50.1 Å². The molecule has 1 amide bonds. The second kappa shape index (κ2) is 8.27. The highest BCUT2D eigenvalue weighted by Gasteiger charge is 2.27. The summed E-state index contributed by atoms with van der Waals surface area (Å²) in [5.74, 6) is 0.0368. The van der Waals surface area contributed by atoms with Gasteiger partial charge >= 0.3 is 0 Å². The van der Waals surface area contributed by atoms with Gasteiger partial charge in [-0.25, -0.2) is 4.98 Å². The predicted octanol–water partition coefficient (Wildman–Crippen LogP) is 5.57. The van der Waals surface area contributed by atoms with Crippen LogP contribution in [0.5, 0.6) is 0 Å². The van der Waals surface area contributed by atoms with Gasteiger partial charge in [-0.3, -0.25) is 9.78 Å². The number of amides is 1. The van der Waals surface area contributed by atoms with Crippen molar-refractivity contribution in [1.82, 2.24) is 14.9 Å². The zero-order valence-electron chi connectivity index (χ0n) is 16.1. The van der Waals surface area contributed by atoms with Gasteiger partial charge in [0.15, 0.2) is 0 Å². The van der Waals surface area contributed by atoms with Crippen molar-refractivity contribution in [3.05, 3.63) is 70.6 Å². The number of aryl methyl sites for hydroxylation is 1. The van der Waals surface area contributed by atoms with Crippen molar-refractivity contribution >= 4 is 28.4 Å². The number of halogens is 1. The fraction of sp³-hybridized carbons (Fsp3) is 0.348. The van der Waals surface area contributed by atoms with Crippen molar-refractivity contribution in [1.29, 1.82) is 0 Å². The molecule has 0 atom stereocenters. The molecule has 0 unspecified atom stereocenters. The molecule has 2 heterocycles. The van der Waals surface area contributed by atoms with Gasteiger partial charge in [-0.15, -0.1) is 0 Å². The van der Waals surface area contributed by atoms with Crippen LogP contribution >= 0.6 is 11.6 Å². The number of hydrogen-bond donors (Lipinski definition) is 0. The lowest BCUT2D eigenvalue weighted by Crippen LogP contribution is -2.41. The Morgan fingerprint density at radius 3 is 2.61 bits per heavy atom. The molecule has 5 heteroatoms. The van der Waals surface area contributed by atoms with Crippen molar-refractivity contribution in [2.45, 2.75) is 51.6 Å². The summed E-state index contributed by atoms with van der Waals surface area (Å²) in [5, 5.41) is 1.53. The fourth-order valence-electron chi connectivity index (χ4n) is 4.03. The first kappa shape index (κ1) is 18.9. The third-order valence-electron chi connectivity index (χ3n) is 5.54. The molecule has 0 saturated heterocycles. The molecule has 1 fully saturated rings. The number of benzene rings is 1. The van der Waals surface area contributed by atoms with E-state index in [9.17, 15) is 4.79 Å². The standard InChI is InChI=1S/C23H24ClN3O/c1-16-7-8-21-18(13-16)14-19(22(24)26-21)15-27(20-5-3-2-4-6-20)23(28)17-9-11-25-12-10-17/h7-14,20H,2-6,15H2,1H3. The Balaban J connectivity index is 1.69. The van der Waals surface area contributed by atoms with Crippen LogP contribution in [0.4, 0.5) is 0 Å².